The molecule has 0 bridgehead atoms. The Morgan fingerprint density at radius 2 is 2.33 bits per heavy atom. The number of amides is 2. The Morgan fingerprint density at radius 3 is 2.33 bits per heavy atom. The Bertz CT molecular complexity index is 176. The van der Waals surface area contributed by atoms with Crippen LogP contribution in [0.4, 0.5) is 0 Å². The maximum Gasteiger partial charge on any atom is 0.204 e. The first-order chi connectivity index (χ1) is 6.36. The summed E-state index contributed by atoms with van der Waals surface area (Å²) in [6.45, 7) is 1.26. The van der Waals surface area contributed by atoms with Crippen LogP contribution in [0.5, 0.6) is 0 Å². The van der Waals surface area contributed by atoms with Crippen LogP contribution in [0.25, 0.3) is 0 Å². The second-order valence-electron chi connectivity index (χ2n) is 1.65. The first-order valence-electron chi connectivity index (χ1n) is 3.93. The first-order valence-corrected chi connectivity index (χ1v) is 2.99. The molecule has 0 saturated heterocycles. The van der Waals surface area contributed by atoms with Crippen LogP contribution in [0.15, 0.2) is 0 Å². The van der Waals surface area contributed by atoms with Crippen molar-refractivity contribution in [1.82, 2.24) is 10.0 Å². The molecule has 0 aromatic heterocycles. The topological polar surface area (TPSA) is 49.4 Å². The monoisotopic (exact) mass is 162 g/mol. The lowest BCUT2D eigenvalue weighted by molar-refractivity contribution is -0.117. The van der Waals surface area contributed by atoms with E-state index in [0.717, 1.165) is 19.4 Å². The SMILES string of the molecule is [2H]C(=O)N(C)[B][B].[2H]N([B][B])C(C)=O. The van der Waals surface area contributed by atoms with Gasteiger partial charge < -0.3 is 10.0 Å². The molecule has 0 rings (SSSR count). The van der Waals surface area contributed by atoms with Crippen LogP contribution in [-0.2, 0) is 9.59 Å². The molecule has 8 heteroatoms. The molecule has 0 aromatic rings. The molecule has 0 spiro atoms. The number of nitrogens with zero attached hydrogens (tertiary/aromatic N) is 1. The van der Waals surface area contributed by atoms with Gasteiger partial charge in [-0.1, -0.05) is 0 Å². The third-order valence-corrected chi connectivity index (χ3v) is 0.624. The zero-order chi connectivity index (χ0) is 11.7. The average Bonchev–Trinajstić information content (AvgIpc) is 2.15. The quantitative estimate of drug-likeness (QED) is 0.363. The van der Waals surface area contributed by atoms with Crippen molar-refractivity contribution in [2.45, 2.75) is 6.92 Å². The summed E-state index contributed by atoms with van der Waals surface area (Å²) >= 11 is 0. The highest BCUT2D eigenvalue weighted by molar-refractivity contribution is 6.89. The van der Waals surface area contributed by atoms with Crippen molar-refractivity contribution in [2.75, 3.05) is 7.05 Å². The Balaban J connectivity index is 0. The smallest absolute Gasteiger partial charge is 0.204 e. The van der Waals surface area contributed by atoms with Gasteiger partial charge in [-0.05, 0) is 7.05 Å². The summed E-state index contributed by atoms with van der Waals surface area (Å²) in [7, 11) is 12.9. The van der Waals surface area contributed by atoms with Crippen molar-refractivity contribution in [3.63, 3.8) is 0 Å². The zero-order valence-electron chi connectivity index (χ0n) is 9.02. The molecule has 0 heterocycles. The van der Waals surface area contributed by atoms with Crippen molar-refractivity contribution < 1.29 is 12.4 Å². The van der Waals surface area contributed by atoms with Gasteiger partial charge in [0.25, 0.3) is 0 Å². The lowest BCUT2D eigenvalue weighted by Gasteiger charge is -2.01. The summed E-state index contributed by atoms with van der Waals surface area (Å²) in [6.07, 6.45) is -0.803. The highest BCUT2D eigenvalue weighted by Gasteiger charge is 1.82. The maximum absolute atomic E-state index is 10.0. The normalized spacial score (nSPS) is 9.17. The van der Waals surface area contributed by atoms with Gasteiger partial charge in [-0.3, -0.25) is 9.59 Å². The van der Waals surface area contributed by atoms with Gasteiger partial charge in [-0.15, -0.1) is 0 Å². The van der Waals surface area contributed by atoms with E-state index in [0.29, 0.717) is 5.22 Å². The van der Waals surface area contributed by atoms with Crippen molar-refractivity contribution in [1.29, 1.82) is 0 Å². The number of carbonyl (C=O) groups excluding carboxylic acids is 2. The summed E-state index contributed by atoms with van der Waals surface area (Å²) < 4.78 is 12.9. The van der Waals surface area contributed by atoms with Crippen molar-refractivity contribution in [3.05, 3.63) is 0 Å². The van der Waals surface area contributed by atoms with E-state index >= 15 is 0 Å². The first kappa shape index (κ1) is 9.29. The molecule has 0 unspecified atom stereocenters. The third-order valence-electron chi connectivity index (χ3n) is 0.624. The number of carbonyl (C=O) groups is 2. The van der Waals surface area contributed by atoms with Gasteiger partial charge in [0.15, 0.2) is 21.0 Å². The van der Waals surface area contributed by atoms with Crippen LogP contribution in [0.1, 0.15) is 8.29 Å². The second-order valence-corrected chi connectivity index (χ2v) is 1.65. The van der Waals surface area contributed by atoms with E-state index in [1.807, 2.05) is 0 Å². The van der Waals surface area contributed by atoms with Crippen molar-refractivity contribution in [3.8, 4) is 0 Å². The fourth-order valence-electron chi connectivity index (χ4n) is 0.135. The van der Waals surface area contributed by atoms with Crippen molar-refractivity contribution in [2.24, 2.45) is 0 Å². The Kier molecular flexibility index (Phi) is 7.90. The predicted octanol–water partition coefficient (Wildman–Crippen LogP) is -2.40. The van der Waals surface area contributed by atoms with Gasteiger partial charge >= 0.3 is 0 Å². The minimum Gasteiger partial charge on any atom is -0.413 e. The van der Waals surface area contributed by atoms with E-state index in [1.54, 1.807) is 0 Å². The van der Waals surface area contributed by atoms with E-state index in [4.69, 9.17) is 18.3 Å². The van der Waals surface area contributed by atoms with Crippen LogP contribution in [0.3, 0.4) is 0 Å². The molecule has 0 fully saturated rings. The number of rotatable bonds is 2. The molecule has 0 aliphatic rings. The third kappa shape index (κ3) is 16.1. The lowest BCUT2D eigenvalue weighted by Crippen LogP contribution is -2.24. The standard InChI is InChI=1S/2C2H4B2NO/c1-5(2-6)4-3;1-2(6)5-4-3/h2H,1H3;1H3,(H,5,6)/i2D;/hD. The molecule has 4 nitrogen and oxygen atoms in total. The summed E-state index contributed by atoms with van der Waals surface area (Å²) in [5.41, 5.74) is 0. The fraction of sp³-hybridized carbons (Fsp3) is 0.500. The molecule has 6 radical (unpaired) electrons. The number of hydrogen-bond donors (Lipinski definition) is 1. The van der Waals surface area contributed by atoms with Gasteiger partial charge in [0.05, 0.1) is 0 Å². The zero-order valence-corrected chi connectivity index (χ0v) is 7.02. The van der Waals surface area contributed by atoms with Gasteiger partial charge in [0.1, 0.15) is 2.78 Å². The Labute approximate surface area is 79.6 Å². The minimum absolute atomic E-state index is 0.387. The molecule has 12 heavy (non-hydrogen) atoms. The van der Waals surface area contributed by atoms with Gasteiger partial charge in [0.2, 0.25) is 5.91 Å². The van der Waals surface area contributed by atoms with Gasteiger partial charge in [-0.2, -0.15) is 0 Å². The average molecular weight is 161 g/mol. The van der Waals surface area contributed by atoms with E-state index < -0.39 is 6.39 Å². The highest BCUT2D eigenvalue weighted by atomic mass is 16.1. The fourth-order valence-corrected chi connectivity index (χ4v) is 0.135. The summed E-state index contributed by atoms with van der Waals surface area (Å²) in [4.78, 5) is 20.8. The molecule has 1 N–H and O–H groups in total. The molecule has 58 valence electrons. The van der Waals surface area contributed by atoms with Gasteiger partial charge in [-0.25, -0.2) is 0 Å². The van der Waals surface area contributed by atoms with Crippen LogP contribution in [0.2, 0.25) is 1.41 Å². The summed E-state index contributed by atoms with van der Waals surface area (Å²) in [6, 6.07) is 0. The molecule has 0 aromatic carbocycles. The lowest BCUT2D eigenvalue weighted by atomic mass is 9.66. The summed E-state index contributed by atoms with van der Waals surface area (Å²) in [5.74, 6) is -0.387. The highest BCUT2D eigenvalue weighted by Crippen LogP contribution is 1.58. The Hall–Kier alpha value is -0.800. The largest absolute Gasteiger partial charge is 0.413 e. The van der Waals surface area contributed by atoms with E-state index in [9.17, 15) is 9.59 Å². The predicted molar refractivity (Wildman–Crippen MR) is 50.7 cm³/mol. The number of hydrogen-bond acceptors (Lipinski definition) is 2. The second kappa shape index (κ2) is 10.2. The molecular formula is C4H8B4N2O2. The van der Waals surface area contributed by atoms with Crippen molar-refractivity contribution >= 4 is 42.4 Å². The van der Waals surface area contributed by atoms with E-state index in [2.05, 4.69) is 0 Å². The summed E-state index contributed by atoms with van der Waals surface area (Å²) in [5, 5.41) is 0.556. The maximum atomic E-state index is 10.0. The van der Waals surface area contributed by atoms with Crippen LogP contribution >= 0.6 is 0 Å². The van der Waals surface area contributed by atoms with Crippen LogP contribution in [-0.4, -0.2) is 54.2 Å². The molecule has 2 amide bonds. The molecule has 0 aliphatic carbocycles. The number of nitrogens with one attached hydrogen (secondary N) is 1. The van der Waals surface area contributed by atoms with Crippen LogP contribution in [0, 0.1) is 0 Å². The molecule has 0 atom stereocenters. The molecular weight excluding hydrogens is 151 g/mol. The van der Waals surface area contributed by atoms with Crippen LogP contribution < -0.4 is 5.22 Å². The van der Waals surface area contributed by atoms with Gasteiger partial charge in [0, 0.05) is 22.4 Å². The minimum atomic E-state index is -0.803. The van der Waals surface area contributed by atoms with E-state index in [1.165, 1.54) is 14.0 Å². The van der Waals surface area contributed by atoms with E-state index in [-0.39, 0.29) is 5.91 Å². The molecule has 0 saturated carbocycles. The Morgan fingerprint density at radius 1 is 1.83 bits per heavy atom. The molecule has 0 aliphatic heterocycles.